The van der Waals surface area contributed by atoms with Crippen molar-refractivity contribution < 1.29 is 13.6 Å². The molecule has 0 unspecified atom stereocenters. The monoisotopic (exact) mass is 307 g/mol. The quantitative estimate of drug-likeness (QED) is 0.459. The van der Waals surface area contributed by atoms with Gasteiger partial charge in [-0.1, -0.05) is 30.3 Å². The number of benzene rings is 1. The minimum Gasteiger partial charge on any atom is -0.363 e. The maximum Gasteiger partial charge on any atom is 0.270 e. The van der Waals surface area contributed by atoms with Crippen molar-refractivity contribution in [2.75, 3.05) is 5.32 Å². The van der Waals surface area contributed by atoms with Crippen LogP contribution in [0, 0.1) is 0 Å². The van der Waals surface area contributed by atoms with Crippen molar-refractivity contribution >= 4 is 11.7 Å². The number of hydrazine groups is 1. The number of aromatic nitrogens is 2. The molecule has 3 rings (SSSR count). The van der Waals surface area contributed by atoms with Gasteiger partial charge >= 0.3 is 0 Å². The summed E-state index contributed by atoms with van der Waals surface area (Å²) in [7, 11) is 0. The molecule has 0 saturated carbocycles. The summed E-state index contributed by atoms with van der Waals surface area (Å²) < 4.78 is 27.9. The molecular weight excluding hydrogens is 292 g/mol. The number of hydrogen-bond acceptors (Lipinski definition) is 4. The van der Waals surface area contributed by atoms with E-state index in [0.29, 0.717) is 0 Å². The van der Waals surface area contributed by atoms with Crippen LogP contribution in [0.2, 0.25) is 0 Å². The minimum absolute atomic E-state index is 0.147. The first-order valence-electron chi connectivity index (χ1n) is 6.80. The van der Waals surface area contributed by atoms with Crippen LogP contribution in [0.4, 0.5) is 14.6 Å². The molecule has 0 bridgehead atoms. The van der Waals surface area contributed by atoms with Crippen molar-refractivity contribution in [1.82, 2.24) is 15.2 Å². The zero-order valence-corrected chi connectivity index (χ0v) is 11.5. The molecule has 1 aliphatic heterocycles. The number of nitrogens with two attached hydrogens (primary N) is 1. The first-order valence-corrected chi connectivity index (χ1v) is 6.80. The lowest BCUT2D eigenvalue weighted by Gasteiger charge is -2.32. The molecule has 22 heavy (non-hydrogen) atoms. The lowest BCUT2D eigenvalue weighted by atomic mass is 9.97. The highest BCUT2D eigenvalue weighted by atomic mass is 19.3. The number of fused-ring (bicyclic) bond motifs is 1. The number of rotatable bonds is 3. The Bertz CT molecular complexity index is 673. The van der Waals surface area contributed by atoms with E-state index in [1.165, 1.54) is 6.20 Å². The number of nitrogens with zero attached hydrogens (tertiary/aromatic N) is 2. The average Bonchev–Trinajstić information content (AvgIpc) is 2.97. The smallest absolute Gasteiger partial charge is 0.270 e. The highest BCUT2D eigenvalue weighted by Crippen LogP contribution is 2.39. The molecule has 1 amide bonds. The van der Waals surface area contributed by atoms with E-state index in [1.807, 2.05) is 35.8 Å². The van der Waals surface area contributed by atoms with Gasteiger partial charge in [0.2, 0.25) is 0 Å². The Morgan fingerprint density at radius 1 is 1.41 bits per heavy atom. The molecule has 0 radical (unpaired) electrons. The van der Waals surface area contributed by atoms with Crippen molar-refractivity contribution in [3.63, 3.8) is 0 Å². The largest absolute Gasteiger partial charge is 0.363 e. The van der Waals surface area contributed by atoms with Crippen LogP contribution in [0.25, 0.3) is 0 Å². The van der Waals surface area contributed by atoms with E-state index in [4.69, 9.17) is 5.84 Å². The van der Waals surface area contributed by atoms with Crippen molar-refractivity contribution in [3.05, 3.63) is 47.7 Å². The summed E-state index contributed by atoms with van der Waals surface area (Å²) in [6.07, 6.45) is -1.16. The zero-order valence-electron chi connectivity index (χ0n) is 11.5. The Morgan fingerprint density at radius 2 is 2.14 bits per heavy atom. The van der Waals surface area contributed by atoms with Crippen LogP contribution in [0.15, 0.2) is 36.5 Å². The Balaban J connectivity index is 2.02. The van der Waals surface area contributed by atoms with Crippen LogP contribution in [0.1, 0.15) is 34.4 Å². The van der Waals surface area contributed by atoms with Crippen LogP contribution >= 0.6 is 0 Å². The summed E-state index contributed by atoms with van der Waals surface area (Å²) in [4.78, 5) is 11.7. The number of nitrogen functional groups attached to an aromatic ring is 1. The fourth-order valence-electron chi connectivity index (χ4n) is 2.68. The number of amides is 1. The van der Waals surface area contributed by atoms with E-state index in [0.717, 1.165) is 10.2 Å². The number of alkyl halides is 2. The highest BCUT2D eigenvalue weighted by Gasteiger charge is 2.36. The van der Waals surface area contributed by atoms with Gasteiger partial charge in [-0.3, -0.25) is 10.2 Å². The van der Waals surface area contributed by atoms with Gasteiger partial charge in [-0.05, 0) is 12.0 Å². The van der Waals surface area contributed by atoms with Gasteiger partial charge in [-0.2, -0.15) is 5.10 Å². The first-order chi connectivity index (χ1) is 10.6. The third-order valence-electron chi connectivity index (χ3n) is 3.77. The summed E-state index contributed by atoms with van der Waals surface area (Å²) in [6.45, 7) is 0. The molecular formula is C14H15F2N5O. The van der Waals surface area contributed by atoms with Crippen molar-refractivity contribution in [3.8, 4) is 0 Å². The predicted octanol–water partition coefficient (Wildman–Crippen LogP) is 1.85. The normalized spacial score (nSPS) is 20.4. The summed E-state index contributed by atoms with van der Waals surface area (Å²) in [5.74, 6) is 4.81. The number of carbonyl (C=O) groups excluding carboxylic acids is 1. The molecule has 2 atom stereocenters. The molecule has 6 nitrogen and oxygen atoms in total. The fraction of sp³-hybridized carbons (Fsp3) is 0.286. The summed E-state index contributed by atoms with van der Waals surface area (Å²) in [5.41, 5.74) is 3.02. The van der Waals surface area contributed by atoms with Crippen LogP contribution in [-0.4, -0.2) is 22.1 Å². The van der Waals surface area contributed by atoms with E-state index in [-0.39, 0.29) is 23.8 Å². The zero-order chi connectivity index (χ0) is 15.7. The van der Waals surface area contributed by atoms with Gasteiger partial charge in [0.05, 0.1) is 12.2 Å². The van der Waals surface area contributed by atoms with Gasteiger partial charge in [0.25, 0.3) is 12.3 Å². The van der Waals surface area contributed by atoms with Crippen LogP contribution < -0.4 is 16.6 Å². The Kier molecular flexibility index (Phi) is 3.76. The second-order valence-corrected chi connectivity index (χ2v) is 5.07. The van der Waals surface area contributed by atoms with Crippen molar-refractivity contribution in [2.24, 2.45) is 5.84 Å². The Hall–Kier alpha value is -2.48. The lowest BCUT2D eigenvalue weighted by Crippen LogP contribution is -2.34. The maximum atomic E-state index is 13.4. The van der Waals surface area contributed by atoms with Crippen LogP contribution in [0.3, 0.4) is 0 Å². The van der Waals surface area contributed by atoms with Gasteiger partial charge in [0.15, 0.2) is 0 Å². The van der Waals surface area contributed by atoms with Gasteiger partial charge in [-0.15, -0.1) is 0 Å². The Labute approximate surface area is 125 Å². The second-order valence-electron chi connectivity index (χ2n) is 5.07. The highest BCUT2D eigenvalue weighted by molar-refractivity contribution is 5.98. The molecule has 2 aromatic rings. The average molecular weight is 307 g/mol. The molecule has 116 valence electrons. The van der Waals surface area contributed by atoms with E-state index < -0.39 is 18.4 Å². The number of carbonyl (C=O) groups is 1. The van der Waals surface area contributed by atoms with E-state index >= 15 is 0 Å². The molecule has 1 aliphatic rings. The first kappa shape index (κ1) is 14.5. The molecule has 1 aromatic carbocycles. The molecule has 2 heterocycles. The van der Waals surface area contributed by atoms with Gasteiger partial charge in [0.1, 0.15) is 17.4 Å². The molecule has 4 N–H and O–H groups in total. The number of halogens is 2. The summed E-state index contributed by atoms with van der Waals surface area (Å²) in [6, 6.07) is 7.83. The van der Waals surface area contributed by atoms with Crippen molar-refractivity contribution in [1.29, 1.82) is 0 Å². The molecule has 8 heteroatoms. The molecule has 1 aromatic heterocycles. The standard InChI is InChI=1S/C14H15F2N5O/c15-12(16)11-6-10(8-4-2-1-3-5-8)19-13-9(14(22)20-17)7-18-21(11)13/h1-5,7,10-12,19H,6,17H2,(H,20,22)/t10-,11+/m1/s1. The molecule has 0 fully saturated rings. The third kappa shape index (κ3) is 2.41. The fourth-order valence-corrected chi connectivity index (χ4v) is 2.68. The van der Waals surface area contributed by atoms with E-state index in [1.54, 1.807) is 0 Å². The minimum atomic E-state index is -2.58. The second kappa shape index (κ2) is 5.72. The van der Waals surface area contributed by atoms with E-state index in [2.05, 4.69) is 10.4 Å². The topological polar surface area (TPSA) is 85.0 Å². The van der Waals surface area contributed by atoms with Crippen molar-refractivity contribution in [2.45, 2.75) is 24.9 Å². The lowest BCUT2D eigenvalue weighted by molar-refractivity contribution is 0.0656. The molecule has 0 saturated heterocycles. The third-order valence-corrected chi connectivity index (χ3v) is 3.77. The summed E-state index contributed by atoms with van der Waals surface area (Å²) in [5, 5.41) is 7.03. The molecule has 0 aliphatic carbocycles. The molecule has 0 spiro atoms. The maximum absolute atomic E-state index is 13.4. The number of hydrogen-bond donors (Lipinski definition) is 3. The van der Waals surface area contributed by atoms with E-state index in [9.17, 15) is 13.6 Å². The van der Waals surface area contributed by atoms with Gasteiger partial charge in [0, 0.05) is 0 Å². The summed E-state index contributed by atoms with van der Waals surface area (Å²) >= 11 is 0. The number of anilines is 1. The van der Waals surface area contributed by atoms with Crippen LogP contribution in [-0.2, 0) is 0 Å². The van der Waals surface area contributed by atoms with Gasteiger partial charge in [-0.25, -0.2) is 19.3 Å². The Morgan fingerprint density at radius 3 is 2.77 bits per heavy atom. The predicted molar refractivity (Wildman–Crippen MR) is 76.3 cm³/mol. The van der Waals surface area contributed by atoms with Gasteiger partial charge < -0.3 is 5.32 Å². The number of nitrogens with one attached hydrogen (secondary N) is 2. The SMILES string of the molecule is NNC(=O)c1cnn2c1N[C@@H](c1ccccc1)C[C@H]2C(F)F. The van der Waals surface area contributed by atoms with Crippen LogP contribution in [0.5, 0.6) is 0 Å².